The van der Waals surface area contributed by atoms with Gasteiger partial charge < -0.3 is 15.4 Å². The molecule has 2 rings (SSSR count). The summed E-state index contributed by atoms with van der Waals surface area (Å²) in [5.41, 5.74) is -0.380. The Morgan fingerprint density at radius 3 is 2.90 bits per heavy atom. The SMILES string of the molecule is CCCCCCNc1[nH]c2ncccc2c(=O)c1C(=O)O. The van der Waals surface area contributed by atoms with Gasteiger partial charge >= 0.3 is 5.97 Å². The molecule has 3 N–H and O–H groups in total. The lowest BCUT2D eigenvalue weighted by Crippen LogP contribution is -2.20. The summed E-state index contributed by atoms with van der Waals surface area (Å²) in [6.45, 7) is 2.75. The minimum absolute atomic E-state index is 0.232. The molecule has 2 aromatic heterocycles. The van der Waals surface area contributed by atoms with E-state index in [1.807, 2.05) is 0 Å². The van der Waals surface area contributed by atoms with E-state index in [0.29, 0.717) is 12.2 Å². The van der Waals surface area contributed by atoms with Crippen molar-refractivity contribution in [3.8, 4) is 0 Å². The van der Waals surface area contributed by atoms with Crippen molar-refractivity contribution < 1.29 is 9.90 Å². The van der Waals surface area contributed by atoms with Gasteiger partial charge in [0.15, 0.2) is 0 Å². The van der Waals surface area contributed by atoms with Crippen molar-refractivity contribution in [3.05, 3.63) is 34.1 Å². The molecular formula is C15H19N3O3. The Bertz CT molecular complexity index is 694. The Labute approximate surface area is 122 Å². The minimum atomic E-state index is -1.24. The normalized spacial score (nSPS) is 10.7. The summed E-state index contributed by atoms with van der Waals surface area (Å²) in [4.78, 5) is 30.6. The van der Waals surface area contributed by atoms with Crippen molar-refractivity contribution >= 4 is 22.8 Å². The van der Waals surface area contributed by atoms with Crippen LogP contribution in [0.5, 0.6) is 0 Å². The molecule has 6 heteroatoms. The molecule has 112 valence electrons. The van der Waals surface area contributed by atoms with Crippen LogP contribution in [0.15, 0.2) is 23.1 Å². The summed E-state index contributed by atoms with van der Waals surface area (Å²) in [6, 6.07) is 3.18. The molecule has 0 fully saturated rings. The molecule has 0 spiro atoms. The van der Waals surface area contributed by atoms with Gasteiger partial charge in [0.2, 0.25) is 5.43 Å². The lowest BCUT2D eigenvalue weighted by molar-refractivity contribution is 0.0696. The number of rotatable bonds is 7. The number of hydrogen-bond acceptors (Lipinski definition) is 4. The van der Waals surface area contributed by atoms with E-state index in [9.17, 15) is 14.7 Å². The number of carbonyl (C=O) groups is 1. The summed E-state index contributed by atoms with van der Waals surface area (Å²) in [5, 5.41) is 12.6. The van der Waals surface area contributed by atoms with Gasteiger partial charge in [-0.2, -0.15) is 0 Å². The third kappa shape index (κ3) is 3.39. The monoisotopic (exact) mass is 289 g/mol. The van der Waals surface area contributed by atoms with Crippen LogP contribution in [-0.2, 0) is 0 Å². The fourth-order valence-electron chi connectivity index (χ4n) is 2.22. The van der Waals surface area contributed by atoms with Gasteiger partial charge in [0, 0.05) is 12.7 Å². The van der Waals surface area contributed by atoms with E-state index < -0.39 is 11.4 Å². The molecule has 2 heterocycles. The molecule has 21 heavy (non-hydrogen) atoms. The molecular weight excluding hydrogens is 270 g/mol. The number of anilines is 1. The first-order chi connectivity index (χ1) is 10.1. The second-order valence-electron chi connectivity index (χ2n) is 4.90. The first-order valence-electron chi connectivity index (χ1n) is 7.13. The second-order valence-corrected chi connectivity index (χ2v) is 4.90. The van der Waals surface area contributed by atoms with E-state index in [-0.39, 0.29) is 16.8 Å². The summed E-state index contributed by atoms with van der Waals surface area (Å²) in [7, 11) is 0. The van der Waals surface area contributed by atoms with E-state index in [2.05, 4.69) is 22.2 Å². The van der Waals surface area contributed by atoms with Crippen LogP contribution in [0.2, 0.25) is 0 Å². The van der Waals surface area contributed by atoms with Crippen LogP contribution >= 0.6 is 0 Å². The molecule has 0 aromatic carbocycles. The van der Waals surface area contributed by atoms with E-state index in [1.54, 1.807) is 18.3 Å². The molecule has 0 unspecified atom stereocenters. The van der Waals surface area contributed by atoms with Crippen LogP contribution in [0, 0.1) is 0 Å². The fraction of sp³-hybridized carbons (Fsp3) is 0.400. The molecule has 0 bridgehead atoms. The van der Waals surface area contributed by atoms with Crippen LogP contribution in [0.1, 0.15) is 43.0 Å². The molecule has 2 aromatic rings. The zero-order valence-electron chi connectivity index (χ0n) is 12.0. The topological polar surface area (TPSA) is 95.1 Å². The smallest absolute Gasteiger partial charge is 0.343 e. The number of aromatic nitrogens is 2. The third-order valence-corrected chi connectivity index (χ3v) is 3.32. The van der Waals surface area contributed by atoms with Gasteiger partial charge in [0.1, 0.15) is 17.0 Å². The number of nitrogens with one attached hydrogen (secondary N) is 2. The van der Waals surface area contributed by atoms with Crippen molar-refractivity contribution in [2.45, 2.75) is 32.6 Å². The van der Waals surface area contributed by atoms with Gasteiger partial charge in [-0.1, -0.05) is 26.2 Å². The summed E-state index contributed by atoms with van der Waals surface area (Å²) < 4.78 is 0. The average Bonchev–Trinajstić information content (AvgIpc) is 2.47. The summed E-state index contributed by atoms with van der Waals surface area (Å²) in [6.07, 6.45) is 5.83. The highest BCUT2D eigenvalue weighted by Gasteiger charge is 2.18. The lowest BCUT2D eigenvalue weighted by atomic mass is 10.1. The maximum atomic E-state index is 12.2. The van der Waals surface area contributed by atoms with Crippen molar-refractivity contribution in [3.63, 3.8) is 0 Å². The number of unbranched alkanes of at least 4 members (excludes halogenated alkanes) is 3. The molecule has 0 aliphatic heterocycles. The first-order valence-corrected chi connectivity index (χ1v) is 7.13. The minimum Gasteiger partial charge on any atom is -0.477 e. The quantitative estimate of drug-likeness (QED) is 0.681. The van der Waals surface area contributed by atoms with Crippen molar-refractivity contribution in [2.24, 2.45) is 0 Å². The van der Waals surface area contributed by atoms with Gasteiger partial charge in [-0.15, -0.1) is 0 Å². The van der Waals surface area contributed by atoms with Crippen LogP contribution < -0.4 is 10.7 Å². The summed E-state index contributed by atoms with van der Waals surface area (Å²) in [5.74, 6) is -1.01. The van der Waals surface area contributed by atoms with Gasteiger partial charge in [0.25, 0.3) is 0 Å². The Kier molecular flexibility index (Phi) is 4.92. The molecule has 0 saturated heterocycles. The molecule has 6 nitrogen and oxygen atoms in total. The number of aromatic amines is 1. The van der Waals surface area contributed by atoms with Crippen molar-refractivity contribution in [1.82, 2.24) is 9.97 Å². The molecule has 0 amide bonds. The van der Waals surface area contributed by atoms with E-state index in [1.165, 1.54) is 0 Å². The van der Waals surface area contributed by atoms with Crippen molar-refractivity contribution in [1.29, 1.82) is 0 Å². The highest BCUT2D eigenvalue weighted by molar-refractivity contribution is 5.97. The predicted molar refractivity (Wildman–Crippen MR) is 82.0 cm³/mol. The Hall–Kier alpha value is -2.37. The Morgan fingerprint density at radius 2 is 2.19 bits per heavy atom. The third-order valence-electron chi connectivity index (χ3n) is 3.32. The number of pyridine rings is 2. The maximum absolute atomic E-state index is 12.2. The van der Waals surface area contributed by atoms with Crippen LogP contribution in [-0.4, -0.2) is 27.6 Å². The first kappa shape index (κ1) is 15.0. The molecule has 0 atom stereocenters. The van der Waals surface area contributed by atoms with Crippen molar-refractivity contribution in [2.75, 3.05) is 11.9 Å². The number of nitrogens with zero attached hydrogens (tertiary/aromatic N) is 1. The number of fused-ring (bicyclic) bond motifs is 1. The Morgan fingerprint density at radius 1 is 1.38 bits per heavy atom. The lowest BCUT2D eigenvalue weighted by Gasteiger charge is -2.10. The van der Waals surface area contributed by atoms with E-state index >= 15 is 0 Å². The van der Waals surface area contributed by atoms with Crippen LogP contribution in [0.25, 0.3) is 11.0 Å². The number of carboxylic acids is 1. The number of carboxylic acid groups (broad SMARTS) is 1. The van der Waals surface area contributed by atoms with Crippen LogP contribution in [0.4, 0.5) is 5.82 Å². The molecule has 0 aliphatic carbocycles. The van der Waals surface area contributed by atoms with E-state index in [0.717, 1.165) is 25.7 Å². The molecule has 0 radical (unpaired) electrons. The predicted octanol–water partition coefficient (Wildman–Crippen LogP) is 2.61. The van der Waals surface area contributed by atoms with Gasteiger partial charge in [-0.3, -0.25) is 4.79 Å². The zero-order valence-corrected chi connectivity index (χ0v) is 12.0. The fourth-order valence-corrected chi connectivity index (χ4v) is 2.22. The Balaban J connectivity index is 2.31. The summed E-state index contributed by atoms with van der Waals surface area (Å²) >= 11 is 0. The number of H-pyrrole nitrogens is 1. The number of aromatic carboxylic acids is 1. The molecule has 0 aliphatic rings. The van der Waals surface area contributed by atoms with Gasteiger partial charge in [-0.25, -0.2) is 9.78 Å². The van der Waals surface area contributed by atoms with Crippen LogP contribution in [0.3, 0.4) is 0 Å². The second kappa shape index (κ2) is 6.88. The molecule has 0 saturated carbocycles. The maximum Gasteiger partial charge on any atom is 0.343 e. The van der Waals surface area contributed by atoms with Gasteiger partial charge in [-0.05, 0) is 18.6 Å². The zero-order chi connectivity index (χ0) is 15.2. The average molecular weight is 289 g/mol. The highest BCUT2D eigenvalue weighted by Crippen LogP contribution is 2.14. The number of hydrogen-bond donors (Lipinski definition) is 3. The van der Waals surface area contributed by atoms with Gasteiger partial charge in [0.05, 0.1) is 5.39 Å². The van der Waals surface area contributed by atoms with E-state index in [4.69, 9.17) is 0 Å². The highest BCUT2D eigenvalue weighted by atomic mass is 16.4. The largest absolute Gasteiger partial charge is 0.477 e. The standard InChI is InChI=1S/C15H19N3O3/c1-2-3-4-5-8-17-14-11(15(20)21)12(19)10-7-6-9-16-13(10)18-14/h6-7,9H,2-5,8H2,1H3,(H,20,21)(H2,16,17,18,19).